The molecule has 106 valence electrons. The van der Waals surface area contributed by atoms with Crippen molar-refractivity contribution < 1.29 is 22.7 Å². The second-order valence-corrected chi connectivity index (χ2v) is 6.56. The van der Waals surface area contributed by atoms with Crippen molar-refractivity contribution in [3.63, 3.8) is 0 Å². The number of aromatic carboxylic acids is 1. The zero-order valence-electron chi connectivity index (χ0n) is 10.5. The summed E-state index contributed by atoms with van der Waals surface area (Å²) in [6.45, 7) is 3.28. The smallest absolute Gasteiger partial charge is 0.337 e. The molecule has 5 nitrogen and oxygen atoms in total. The molecule has 0 fully saturated rings. The van der Waals surface area contributed by atoms with Gasteiger partial charge in [0.1, 0.15) is 5.82 Å². The first-order valence-electron chi connectivity index (χ1n) is 5.29. The van der Waals surface area contributed by atoms with Gasteiger partial charge in [-0.25, -0.2) is 17.6 Å². The van der Waals surface area contributed by atoms with E-state index in [4.69, 9.17) is 16.7 Å². The van der Waals surface area contributed by atoms with Gasteiger partial charge in [-0.05, 0) is 26.0 Å². The summed E-state index contributed by atoms with van der Waals surface area (Å²) >= 11 is 5.49. The van der Waals surface area contributed by atoms with Crippen LogP contribution in [0.1, 0.15) is 24.2 Å². The fourth-order valence-corrected chi connectivity index (χ4v) is 2.91. The lowest BCUT2D eigenvalue weighted by molar-refractivity contribution is 0.0696. The minimum Gasteiger partial charge on any atom is -0.478 e. The summed E-state index contributed by atoms with van der Waals surface area (Å²) in [4.78, 5) is 10.5. The maximum atomic E-state index is 13.5. The average molecular weight is 310 g/mol. The SMILES string of the molecule is CC(C)N(C)S(=O)(=O)c1cc(F)c(Cl)c(C(=O)O)c1. The standard InChI is InChI=1S/C11H13ClFNO4S/c1-6(2)14(3)19(17,18)7-4-8(11(15)16)10(12)9(13)5-7/h4-6H,1-3H3,(H,15,16). The molecule has 0 aliphatic heterocycles. The molecule has 0 amide bonds. The van der Waals surface area contributed by atoms with E-state index in [1.807, 2.05) is 0 Å². The Hall–Kier alpha value is -1.18. The summed E-state index contributed by atoms with van der Waals surface area (Å²) < 4.78 is 38.8. The molecule has 0 unspecified atom stereocenters. The van der Waals surface area contributed by atoms with Crippen molar-refractivity contribution in [3.8, 4) is 0 Å². The number of sulfonamides is 1. The summed E-state index contributed by atoms with van der Waals surface area (Å²) in [5.41, 5.74) is -0.586. The van der Waals surface area contributed by atoms with Crippen LogP contribution < -0.4 is 0 Å². The monoisotopic (exact) mass is 309 g/mol. The van der Waals surface area contributed by atoms with Gasteiger partial charge in [0.05, 0.1) is 15.5 Å². The van der Waals surface area contributed by atoms with Crippen molar-refractivity contribution >= 4 is 27.6 Å². The second kappa shape index (κ2) is 5.44. The number of carboxylic acid groups (broad SMARTS) is 1. The predicted octanol–water partition coefficient (Wildman–Crippen LogP) is 2.21. The van der Waals surface area contributed by atoms with Crippen LogP contribution in [0.2, 0.25) is 5.02 Å². The van der Waals surface area contributed by atoms with Crippen molar-refractivity contribution in [2.45, 2.75) is 24.8 Å². The van der Waals surface area contributed by atoms with Crippen LogP contribution in [0.25, 0.3) is 0 Å². The third-order valence-corrected chi connectivity index (χ3v) is 5.03. The van der Waals surface area contributed by atoms with Gasteiger partial charge >= 0.3 is 5.97 Å². The molecule has 1 aromatic carbocycles. The van der Waals surface area contributed by atoms with Gasteiger partial charge < -0.3 is 5.11 Å². The molecule has 19 heavy (non-hydrogen) atoms. The number of hydrogen-bond donors (Lipinski definition) is 1. The zero-order chi connectivity index (χ0) is 15.0. The first kappa shape index (κ1) is 15.9. The van der Waals surface area contributed by atoms with E-state index >= 15 is 0 Å². The number of benzene rings is 1. The quantitative estimate of drug-likeness (QED) is 0.925. The molecule has 0 saturated heterocycles. The molecule has 0 atom stereocenters. The van der Waals surface area contributed by atoms with E-state index in [1.165, 1.54) is 7.05 Å². The lowest BCUT2D eigenvalue weighted by atomic mass is 10.2. The number of rotatable bonds is 4. The largest absolute Gasteiger partial charge is 0.478 e. The van der Waals surface area contributed by atoms with Crippen molar-refractivity contribution in [2.24, 2.45) is 0 Å². The Morgan fingerprint density at radius 2 is 1.95 bits per heavy atom. The number of carbonyl (C=O) groups is 1. The van der Waals surface area contributed by atoms with Crippen LogP contribution in [0.5, 0.6) is 0 Å². The van der Waals surface area contributed by atoms with Crippen LogP contribution in [-0.2, 0) is 10.0 Å². The third-order valence-electron chi connectivity index (χ3n) is 2.64. The molecule has 1 rings (SSSR count). The zero-order valence-corrected chi connectivity index (χ0v) is 12.1. The van der Waals surface area contributed by atoms with Crippen LogP contribution in [0.3, 0.4) is 0 Å². The van der Waals surface area contributed by atoms with Crippen molar-refractivity contribution in [2.75, 3.05) is 7.05 Å². The molecule has 0 saturated carbocycles. The highest BCUT2D eigenvalue weighted by molar-refractivity contribution is 7.89. The van der Waals surface area contributed by atoms with Crippen molar-refractivity contribution in [3.05, 3.63) is 28.5 Å². The van der Waals surface area contributed by atoms with Gasteiger partial charge in [-0.2, -0.15) is 4.31 Å². The number of nitrogens with zero attached hydrogens (tertiary/aromatic N) is 1. The van der Waals surface area contributed by atoms with Gasteiger partial charge in [0, 0.05) is 13.1 Å². The molecule has 8 heteroatoms. The van der Waals surface area contributed by atoms with Crippen LogP contribution in [0.15, 0.2) is 17.0 Å². The van der Waals surface area contributed by atoms with Gasteiger partial charge in [0.15, 0.2) is 0 Å². The molecule has 0 spiro atoms. The highest BCUT2D eigenvalue weighted by atomic mass is 35.5. The summed E-state index contributed by atoms with van der Waals surface area (Å²) in [5, 5.41) is 8.26. The van der Waals surface area contributed by atoms with Gasteiger partial charge in [-0.1, -0.05) is 11.6 Å². The Labute approximate surface area is 115 Å². The summed E-state index contributed by atoms with van der Waals surface area (Å²) in [6.07, 6.45) is 0. The van der Waals surface area contributed by atoms with Crippen molar-refractivity contribution in [1.29, 1.82) is 0 Å². The molecule has 0 radical (unpaired) electrons. The molecule has 0 aliphatic rings. The van der Waals surface area contributed by atoms with E-state index < -0.39 is 37.3 Å². The number of carboxylic acids is 1. The van der Waals surface area contributed by atoms with Crippen molar-refractivity contribution in [1.82, 2.24) is 4.31 Å². The Morgan fingerprint density at radius 1 is 1.42 bits per heavy atom. The van der Waals surface area contributed by atoms with E-state index in [-0.39, 0.29) is 6.04 Å². The minimum atomic E-state index is -3.96. The maximum absolute atomic E-state index is 13.5. The maximum Gasteiger partial charge on any atom is 0.337 e. The normalized spacial score (nSPS) is 12.2. The molecule has 0 aromatic heterocycles. The first-order chi connectivity index (χ1) is 8.59. The topological polar surface area (TPSA) is 74.7 Å². The molecular weight excluding hydrogens is 297 g/mol. The summed E-state index contributed by atoms with van der Waals surface area (Å²) in [7, 11) is -2.64. The Balaban J connectivity index is 3.49. The Morgan fingerprint density at radius 3 is 2.37 bits per heavy atom. The highest BCUT2D eigenvalue weighted by Crippen LogP contribution is 2.26. The van der Waals surface area contributed by atoms with Crippen LogP contribution >= 0.6 is 11.6 Å². The van der Waals surface area contributed by atoms with E-state index in [0.29, 0.717) is 6.07 Å². The Bertz CT molecular complexity index is 615. The molecule has 0 heterocycles. The van der Waals surface area contributed by atoms with E-state index in [9.17, 15) is 17.6 Å². The molecule has 1 N–H and O–H groups in total. The van der Waals surface area contributed by atoms with E-state index in [1.54, 1.807) is 13.8 Å². The predicted molar refractivity (Wildman–Crippen MR) is 68.5 cm³/mol. The fourth-order valence-electron chi connectivity index (χ4n) is 1.31. The molecular formula is C11H13ClFNO4S. The lowest BCUT2D eigenvalue weighted by Crippen LogP contribution is -2.33. The van der Waals surface area contributed by atoms with Crippen LogP contribution in [0.4, 0.5) is 4.39 Å². The van der Waals surface area contributed by atoms with Gasteiger partial charge in [-0.3, -0.25) is 0 Å². The lowest BCUT2D eigenvalue weighted by Gasteiger charge is -2.21. The van der Waals surface area contributed by atoms with Crippen LogP contribution in [0, 0.1) is 5.82 Å². The third kappa shape index (κ3) is 3.05. The van der Waals surface area contributed by atoms with Gasteiger partial charge in [0.25, 0.3) is 0 Å². The first-order valence-corrected chi connectivity index (χ1v) is 7.11. The van der Waals surface area contributed by atoms with E-state index in [0.717, 1.165) is 10.4 Å². The number of halogens is 2. The summed E-state index contributed by atoms with van der Waals surface area (Å²) in [6, 6.07) is 1.21. The van der Waals surface area contributed by atoms with Gasteiger partial charge in [-0.15, -0.1) is 0 Å². The minimum absolute atomic E-state index is 0.350. The highest BCUT2D eigenvalue weighted by Gasteiger charge is 2.26. The second-order valence-electron chi connectivity index (χ2n) is 4.19. The van der Waals surface area contributed by atoms with E-state index in [2.05, 4.69) is 0 Å². The van der Waals surface area contributed by atoms with Crippen LogP contribution in [-0.4, -0.2) is 36.9 Å². The Kier molecular flexibility index (Phi) is 4.54. The van der Waals surface area contributed by atoms with Gasteiger partial charge in [0.2, 0.25) is 10.0 Å². The molecule has 0 bridgehead atoms. The molecule has 1 aromatic rings. The average Bonchev–Trinajstić information content (AvgIpc) is 2.30. The fraction of sp³-hybridized carbons (Fsp3) is 0.364. The molecule has 0 aliphatic carbocycles. The number of hydrogen-bond acceptors (Lipinski definition) is 3. The summed E-state index contributed by atoms with van der Waals surface area (Å²) in [5.74, 6) is -2.58.